The van der Waals surface area contributed by atoms with E-state index in [2.05, 4.69) is 20.6 Å². The van der Waals surface area contributed by atoms with E-state index in [1.165, 1.54) is 32.1 Å². The summed E-state index contributed by atoms with van der Waals surface area (Å²) in [4.78, 5) is 13.6. The lowest BCUT2D eigenvalue weighted by Crippen LogP contribution is -2.23. The van der Waals surface area contributed by atoms with Gasteiger partial charge in [-0.3, -0.25) is 4.98 Å². The Bertz CT molecular complexity index is 813. The predicted octanol–water partition coefficient (Wildman–Crippen LogP) is 4.49. The Hall–Kier alpha value is -2.89. The molecule has 3 heterocycles. The van der Waals surface area contributed by atoms with E-state index in [-0.39, 0.29) is 0 Å². The van der Waals surface area contributed by atoms with Crippen molar-refractivity contribution in [1.82, 2.24) is 15.0 Å². The fraction of sp³-hybridized carbons (Fsp3) is 0.350. The van der Waals surface area contributed by atoms with Crippen molar-refractivity contribution in [1.29, 1.82) is 0 Å². The summed E-state index contributed by atoms with van der Waals surface area (Å²) in [5.41, 5.74) is 1.83. The molecule has 6 heteroatoms. The van der Waals surface area contributed by atoms with Crippen LogP contribution in [0.4, 0.5) is 11.8 Å². The minimum atomic E-state index is 0.450. The topological polar surface area (TPSA) is 75.9 Å². The summed E-state index contributed by atoms with van der Waals surface area (Å²) in [6.45, 7) is 0.583. The molecule has 0 saturated heterocycles. The van der Waals surface area contributed by atoms with Crippen LogP contribution >= 0.6 is 0 Å². The maximum Gasteiger partial charge on any atom is 0.225 e. The van der Waals surface area contributed by atoms with Gasteiger partial charge < -0.3 is 15.1 Å². The van der Waals surface area contributed by atoms with Crippen LogP contribution in [0.1, 0.15) is 37.9 Å². The molecule has 1 aliphatic carbocycles. The maximum absolute atomic E-state index is 5.39. The molecule has 4 rings (SSSR count). The molecule has 134 valence electrons. The first-order valence-corrected chi connectivity index (χ1v) is 9.19. The fourth-order valence-electron chi connectivity index (χ4n) is 3.28. The van der Waals surface area contributed by atoms with Crippen molar-refractivity contribution in [2.24, 2.45) is 0 Å². The number of nitrogens with zero attached hydrogens (tertiary/aromatic N) is 3. The van der Waals surface area contributed by atoms with E-state index in [9.17, 15) is 0 Å². The van der Waals surface area contributed by atoms with Crippen LogP contribution in [0.5, 0.6) is 0 Å². The highest BCUT2D eigenvalue weighted by atomic mass is 16.3. The van der Waals surface area contributed by atoms with Gasteiger partial charge in [0.2, 0.25) is 5.95 Å². The molecular weight excluding hydrogens is 326 g/mol. The minimum absolute atomic E-state index is 0.450. The number of pyridine rings is 1. The number of hydrogen-bond donors (Lipinski definition) is 2. The van der Waals surface area contributed by atoms with Crippen LogP contribution in [0.2, 0.25) is 0 Å². The molecule has 0 bridgehead atoms. The quantitative estimate of drug-likeness (QED) is 0.683. The SMILES string of the molecule is c1cncc(-c2cc(NCc3ccco3)nc(NC3CCCCC3)n2)c1. The van der Waals surface area contributed by atoms with Gasteiger partial charge in [0.25, 0.3) is 0 Å². The summed E-state index contributed by atoms with van der Waals surface area (Å²) in [6.07, 6.45) is 11.5. The zero-order valence-electron chi connectivity index (χ0n) is 14.7. The van der Waals surface area contributed by atoms with E-state index in [0.29, 0.717) is 18.5 Å². The molecule has 1 aliphatic rings. The van der Waals surface area contributed by atoms with Crippen molar-refractivity contribution in [3.05, 3.63) is 54.7 Å². The first-order valence-electron chi connectivity index (χ1n) is 9.19. The lowest BCUT2D eigenvalue weighted by molar-refractivity contribution is 0.461. The van der Waals surface area contributed by atoms with Gasteiger partial charge >= 0.3 is 0 Å². The highest BCUT2D eigenvalue weighted by molar-refractivity contribution is 5.63. The number of furan rings is 1. The molecule has 0 unspecified atom stereocenters. The van der Waals surface area contributed by atoms with Gasteiger partial charge in [-0.1, -0.05) is 19.3 Å². The van der Waals surface area contributed by atoms with E-state index < -0.39 is 0 Å². The fourth-order valence-corrected chi connectivity index (χ4v) is 3.28. The van der Waals surface area contributed by atoms with Crippen LogP contribution < -0.4 is 10.6 Å². The monoisotopic (exact) mass is 349 g/mol. The van der Waals surface area contributed by atoms with Crippen LogP contribution in [0.15, 0.2) is 53.4 Å². The number of rotatable bonds is 6. The first kappa shape index (κ1) is 16.6. The molecule has 0 aromatic carbocycles. The molecule has 0 aliphatic heterocycles. The van der Waals surface area contributed by atoms with Crippen molar-refractivity contribution in [3.8, 4) is 11.3 Å². The van der Waals surface area contributed by atoms with Crippen LogP contribution in [0.3, 0.4) is 0 Å². The summed E-state index contributed by atoms with van der Waals surface area (Å²) in [5.74, 6) is 2.31. The molecule has 6 nitrogen and oxygen atoms in total. The van der Waals surface area contributed by atoms with Crippen LogP contribution in [0, 0.1) is 0 Å². The third-order valence-corrected chi connectivity index (χ3v) is 4.65. The molecule has 1 saturated carbocycles. The Morgan fingerprint density at radius 2 is 2.00 bits per heavy atom. The summed E-state index contributed by atoms with van der Waals surface area (Å²) in [6, 6.07) is 10.2. The van der Waals surface area contributed by atoms with E-state index in [0.717, 1.165) is 22.8 Å². The van der Waals surface area contributed by atoms with Crippen molar-refractivity contribution in [3.63, 3.8) is 0 Å². The van der Waals surface area contributed by atoms with Gasteiger partial charge in [-0.05, 0) is 37.1 Å². The highest BCUT2D eigenvalue weighted by Gasteiger charge is 2.15. The first-order chi connectivity index (χ1) is 12.9. The van der Waals surface area contributed by atoms with E-state index in [1.807, 2.05) is 36.5 Å². The van der Waals surface area contributed by atoms with Crippen LogP contribution in [0.25, 0.3) is 11.3 Å². The van der Waals surface area contributed by atoms with Gasteiger partial charge in [0, 0.05) is 30.1 Å². The Labute approximate surface area is 153 Å². The van der Waals surface area contributed by atoms with Gasteiger partial charge in [-0.2, -0.15) is 4.98 Å². The van der Waals surface area contributed by atoms with Gasteiger partial charge in [-0.25, -0.2) is 4.98 Å². The van der Waals surface area contributed by atoms with Crippen LogP contribution in [-0.2, 0) is 6.54 Å². The maximum atomic E-state index is 5.39. The summed E-state index contributed by atoms with van der Waals surface area (Å²) >= 11 is 0. The molecular formula is C20H23N5O. The second-order valence-electron chi connectivity index (χ2n) is 6.62. The molecule has 0 radical (unpaired) electrons. The zero-order chi connectivity index (χ0) is 17.6. The predicted molar refractivity (Wildman–Crippen MR) is 102 cm³/mol. The second-order valence-corrected chi connectivity index (χ2v) is 6.62. The number of hydrogen-bond acceptors (Lipinski definition) is 6. The third kappa shape index (κ3) is 4.20. The second kappa shape index (κ2) is 7.99. The zero-order valence-corrected chi connectivity index (χ0v) is 14.7. The average molecular weight is 349 g/mol. The molecule has 0 amide bonds. The van der Waals surface area contributed by atoms with Crippen molar-refractivity contribution in [2.75, 3.05) is 10.6 Å². The van der Waals surface area contributed by atoms with Crippen molar-refractivity contribution in [2.45, 2.75) is 44.7 Å². The van der Waals surface area contributed by atoms with E-state index in [1.54, 1.807) is 12.5 Å². The number of aromatic nitrogens is 3. The summed E-state index contributed by atoms with van der Waals surface area (Å²) in [5, 5.41) is 6.85. The number of anilines is 2. The normalized spacial score (nSPS) is 14.9. The van der Waals surface area contributed by atoms with Crippen molar-refractivity contribution < 1.29 is 4.42 Å². The molecule has 3 aromatic heterocycles. The lowest BCUT2D eigenvalue weighted by atomic mass is 9.96. The summed E-state index contributed by atoms with van der Waals surface area (Å²) < 4.78 is 5.39. The molecule has 2 N–H and O–H groups in total. The number of nitrogens with one attached hydrogen (secondary N) is 2. The van der Waals surface area contributed by atoms with Crippen LogP contribution in [-0.4, -0.2) is 21.0 Å². The molecule has 0 spiro atoms. The molecule has 0 atom stereocenters. The average Bonchev–Trinajstić information content (AvgIpc) is 3.21. The van der Waals surface area contributed by atoms with E-state index in [4.69, 9.17) is 9.40 Å². The van der Waals surface area contributed by atoms with Crippen molar-refractivity contribution >= 4 is 11.8 Å². The third-order valence-electron chi connectivity index (χ3n) is 4.65. The van der Waals surface area contributed by atoms with Gasteiger partial charge in [0.15, 0.2) is 0 Å². The minimum Gasteiger partial charge on any atom is -0.467 e. The molecule has 3 aromatic rings. The van der Waals surface area contributed by atoms with Gasteiger partial charge in [-0.15, -0.1) is 0 Å². The highest BCUT2D eigenvalue weighted by Crippen LogP contribution is 2.24. The largest absolute Gasteiger partial charge is 0.467 e. The Kier molecular flexibility index (Phi) is 5.09. The Morgan fingerprint density at radius 1 is 1.08 bits per heavy atom. The van der Waals surface area contributed by atoms with Gasteiger partial charge in [0.05, 0.1) is 18.5 Å². The van der Waals surface area contributed by atoms with Gasteiger partial charge in [0.1, 0.15) is 11.6 Å². The standard InChI is InChI=1S/C20H23N5O/c1-2-7-16(8-3-1)23-20-24-18(15-6-4-10-21-13-15)12-19(25-20)22-14-17-9-5-11-26-17/h4-6,9-13,16H,1-3,7-8,14H2,(H2,22,23,24,25). The molecule has 1 fully saturated rings. The summed E-state index contributed by atoms with van der Waals surface area (Å²) in [7, 11) is 0. The lowest BCUT2D eigenvalue weighted by Gasteiger charge is -2.23. The Balaban J connectivity index is 1.58. The smallest absolute Gasteiger partial charge is 0.225 e. The molecule has 26 heavy (non-hydrogen) atoms. The van der Waals surface area contributed by atoms with E-state index >= 15 is 0 Å². The Morgan fingerprint density at radius 3 is 2.77 bits per heavy atom.